The predicted molar refractivity (Wildman–Crippen MR) is 71.1 cm³/mol. The Kier molecular flexibility index (Phi) is 4.70. The smallest absolute Gasteiger partial charge is 0.227 e. The number of aliphatic hydroxyl groups is 1. The molecule has 1 aliphatic heterocycles. The van der Waals surface area contributed by atoms with E-state index in [0.717, 1.165) is 31.0 Å². The number of carbonyl (C=O) groups excluding carboxylic acids is 1. The molecule has 0 saturated carbocycles. The number of benzene rings is 1. The Morgan fingerprint density at radius 1 is 1.50 bits per heavy atom. The van der Waals surface area contributed by atoms with Gasteiger partial charge in [-0.25, -0.2) is 8.78 Å². The fraction of sp³-hybridized carbons (Fsp3) is 0.533. The van der Waals surface area contributed by atoms with Gasteiger partial charge in [0.2, 0.25) is 5.91 Å². The second kappa shape index (κ2) is 6.31. The molecule has 1 fully saturated rings. The van der Waals surface area contributed by atoms with E-state index in [9.17, 15) is 18.7 Å². The average molecular weight is 283 g/mol. The molecule has 1 saturated heterocycles. The summed E-state index contributed by atoms with van der Waals surface area (Å²) in [5.41, 5.74) is 0.0812. The summed E-state index contributed by atoms with van der Waals surface area (Å²) >= 11 is 0. The van der Waals surface area contributed by atoms with Gasteiger partial charge in [0, 0.05) is 18.2 Å². The van der Waals surface area contributed by atoms with E-state index in [-0.39, 0.29) is 23.9 Å². The molecule has 3 nitrogen and oxygen atoms in total. The SMILES string of the molecule is C[C@H](O)C[C@H]1CCCN1C(=O)Cc1cc(F)ccc1F. The van der Waals surface area contributed by atoms with Gasteiger partial charge in [-0.15, -0.1) is 0 Å². The molecule has 1 aromatic carbocycles. The number of rotatable bonds is 4. The average Bonchev–Trinajstić information content (AvgIpc) is 2.81. The van der Waals surface area contributed by atoms with E-state index in [2.05, 4.69) is 0 Å². The fourth-order valence-corrected chi connectivity index (χ4v) is 2.75. The zero-order chi connectivity index (χ0) is 14.7. The van der Waals surface area contributed by atoms with Crippen molar-refractivity contribution >= 4 is 5.91 Å². The van der Waals surface area contributed by atoms with Gasteiger partial charge in [0.1, 0.15) is 11.6 Å². The minimum atomic E-state index is -0.564. The summed E-state index contributed by atoms with van der Waals surface area (Å²) in [6.45, 7) is 2.31. The number of amides is 1. The molecule has 20 heavy (non-hydrogen) atoms. The first-order chi connectivity index (χ1) is 9.47. The van der Waals surface area contributed by atoms with E-state index in [0.29, 0.717) is 13.0 Å². The van der Waals surface area contributed by atoms with Gasteiger partial charge in [0.05, 0.1) is 12.5 Å². The van der Waals surface area contributed by atoms with Gasteiger partial charge in [-0.2, -0.15) is 0 Å². The lowest BCUT2D eigenvalue weighted by Crippen LogP contribution is -2.38. The van der Waals surface area contributed by atoms with Crippen molar-refractivity contribution in [3.05, 3.63) is 35.4 Å². The van der Waals surface area contributed by atoms with Gasteiger partial charge >= 0.3 is 0 Å². The number of hydrogen-bond acceptors (Lipinski definition) is 2. The lowest BCUT2D eigenvalue weighted by molar-refractivity contribution is -0.131. The van der Waals surface area contributed by atoms with Crippen molar-refractivity contribution in [3.63, 3.8) is 0 Å². The number of hydrogen-bond donors (Lipinski definition) is 1. The summed E-state index contributed by atoms with van der Waals surface area (Å²) in [5, 5.41) is 9.44. The molecule has 1 N–H and O–H groups in total. The van der Waals surface area contributed by atoms with Gasteiger partial charge in [-0.1, -0.05) is 0 Å². The summed E-state index contributed by atoms with van der Waals surface area (Å²) in [5.74, 6) is -1.32. The second-order valence-corrected chi connectivity index (χ2v) is 5.38. The van der Waals surface area contributed by atoms with E-state index in [1.165, 1.54) is 0 Å². The highest BCUT2D eigenvalue weighted by Gasteiger charge is 2.29. The minimum absolute atomic E-state index is 0.000814. The Balaban J connectivity index is 2.05. The van der Waals surface area contributed by atoms with Crippen LogP contribution in [0.2, 0.25) is 0 Å². The molecule has 1 aromatic rings. The summed E-state index contributed by atoms with van der Waals surface area (Å²) in [6.07, 6.45) is 1.65. The number of likely N-dealkylation sites (tertiary alicyclic amines) is 1. The van der Waals surface area contributed by atoms with Crippen LogP contribution in [0.25, 0.3) is 0 Å². The van der Waals surface area contributed by atoms with Crippen molar-refractivity contribution in [2.75, 3.05) is 6.54 Å². The van der Waals surface area contributed by atoms with Crippen LogP contribution in [0.4, 0.5) is 8.78 Å². The van der Waals surface area contributed by atoms with Crippen molar-refractivity contribution in [1.29, 1.82) is 0 Å². The Labute approximate surface area is 117 Å². The normalized spacial score (nSPS) is 20.2. The molecule has 2 rings (SSSR count). The molecule has 0 aliphatic carbocycles. The van der Waals surface area contributed by atoms with Crippen LogP contribution in [-0.2, 0) is 11.2 Å². The molecule has 0 unspecified atom stereocenters. The molecule has 1 heterocycles. The molecule has 0 aromatic heterocycles. The molecule has 1 aliphatic rings. The highest BCUT2D eigenvalue weighted by molar-refractivity contribution is 5.79. The quantitative estimate of drug-likeness (QED) is 0.921. The van der Waals surface area contributed by atoms with E-state index >= 15 is 0 Å². The van der Waals surface area contributed by atoms with E-state index < -0.39 is 17.7 Å². The van der Waals surface area contributed by atoms with Crippen LogP contribution in [0.1, 0.15) is 31.7 Å². The predicted octanol–water partition coefficient (Wildman–Crippen LogP) is 2.27. The third kappa shape index (κ3) is 3.54. The maximum Gasteiger partial charge on any atom is 0.227 e. The lowest BCUT2D eigenvalue weighted by atomic mass is 10.1. The third-order valence-corrected chi connectivity index (χ3v) is 3.66. The molecule has 0 bridgehead atoms. The summed E-state index contributed by atoms with van der Waals surface area (Å²) in [7, 11) is 0. The van der Waals surface area contributed by atoms with Gasteiger partial charge in [-0.3, -0.25) is 4.79 Å². The summed E-state index contributed by atoms with van der Waals surface area (Å²) < 4.78 is 26.6. The maximum atomic E-state index is 13.5. The van der Waals surface area contributed by atoms with E-state index in [1.807, 2.05) is 0 Å². The van der Waals surface area contributed by atoms with Crippen LogP contribution in [0.15, 0.2) is 18.2 Å². The van der Waals surface area contributed by atoms with Gasteiger partial charge < -0.3 is 10.0 Å². The lowest BCUT2D eigenvalue weighted by Gasteiger charge is -2.26. The number of halogens is 2. The van der Waals surface area contributed by atoms with Crippen LogP contribution >= 0.6 is 0 Å². The molecular formula is C15H19F2NO2. The third-order valence-electron chi connectivity index (χ3n) is 3.66. The topological polar surface area (TPSA) is 40.5 Å². The van der Waals surface area contributed by atoms with Crippen molar-refractivity contribution in [3.8, 4) is 0 Å². The Bertz CT molecular complexity index is 491. The molecule has 5 heteroatoms. The zero-order valence-corrected chi connectivity index (χ0v) is 11.5. The molecule has 0 radical (unpaired) electrons. The second-order valence-electron chi connectivity index (χ2n) is 5.38. The Morgan fingerprint density at radius 3 is 2.95 bits per heavy atom. The largest absolute Gasteiger partial charge is 0.393 e. The first-order valence-corrected chi connectivity index (χ1v) is 6.89. The van der Waals surface area contributed by atoms with Crippen LogP contribution in [0, 0.1) is 11.6 Å². The van der Waals surface area contributed by atoms with Gasteiger partial charge in [-0.05, 0) is 44.4 Å². The molecule has 2 atom stereocenters. The minimum Gasteiger partial charge on any atom is -0.393 e. The van der Waals surface area contributed by atoms with Crippen LogP contribution in [-0.4, -0.2) is 34.6 Å². The molecule has 1 amide bonds. The molecular weight excluding hydrogens is 264 g/mol. The van der Waals surface area contributed by atoms with Crippen molar-refractivity contribution in [2.45, 2.75) is 44.8 Å². The number of nitrogens with zero attached hydrogens (tertiary/aromatic N) is 1. The Morgan fingerprint density at radius 2 is 2.25 bits per heavy atom. The Hall–Kier alpha value is -1.49. The summed E-state index contributed by atoms with van der Waals surface area (Å²) in [4.78, 5) is 13.9. The molecule has 110 valence electrons. The van der Waals surface area contributed by atoms with Crippen LogP contribution < -0.4 is 0 Å². The first-order valence-electron chi connectivity index (χ1n) is 6.89. The zero-order valence-electron chi connectivity index (χ0n) is 11.5. The fourth-order valence-electron chi connectivity index (χ4n) is 2.75. The van der Waals surface area contributed by atoms with Crippen molar-refractivity contribution in [1.82, 2.24) is 4.90 Å². The standard InChI is InChI=1S/C15H19F2NO2/c1-10(19)7-13-3-2-6-18(13)15(20)9-11-8-12(16)4-5-14(11)17/h4-5,8,10,13,19H,2-3,6-7,9H2,1H3/t10-,13+/m0/s1. The van der Waals surface area contributed by atoms with Gasteiger partial charge in [0.25, 0.3) is 0 Å². The van der Waals surface area contributed by atoms with E-state index in [4.69, 9.17) is 0 Å². The first kappa shape index (κ1) is 14.9. The van der Waals surface area contributed by atoms with Crippen molar-refractivity contribution < 1.29 is 18.7 Å². The van der Waals surface area contributed by atoms with Gasteiger partial charge in [0.15, 0.2) is 0 Å². The number of aliphatic hydroxyl groups excluding tert-OH is 1. The maximum absolute atomic E-state index is 13.5. The number of carbonyl (C=O) groups is 1. The summed E-state index contributed by atoms with van der Waals surface area (Å²) in [6, 6.07) is 3.14. The molecule has 0 spiro atoms. The monoisotopic (exact) mass is 283 g/mol. The van der Waals surface area contributed by atoms with Crippen molar-refractivity contribution in [2.24, 2.45) is 0 Å². The highest BCUT2D eigenvalue weighted by Crippen LogP contribution is 2.23. The van der Waals surface area contributed by atoms with Crippen LogP contribution in [0.5, 0.6) is 0 Å². The van der Waals surface area contributed by atoms with Crippen LogP contribution in [0.3, 0.4) is 0 Å². The van der Waals surface area contributed by atoms with E-state index in [1.54, 1.807) is 11.8 Å². The highest BCUT2D eigenvalue weighted by atomic mass is 19.1.